The summed E-state index contributed by atoms with van der Waals surface area (Å²) in [5, 5.41) is 73.6. The molecule has 0 aromatic heterocycles. The van der Waals surface area contributed by atoms with Gasteiger partial charge in [-0.3, -0.25) is 43.5 Å². The van der Waals surface area contributed by atoms with Crippen LogP contribution in [0.2, 0.25) is 0 Å². The van der Waals surface area contributed by atoms with Gasteiger partial charge in [-0.1, -0.05) is 96.0 Å². The highest BCUT2D eigenvalue weighted by Gasteiger charge is 2.53. The van der Waals surface area contributed by atoms with E-state index in [4.69, 9.17) is 77.9 Å². The quantitative estimate of drug-likeness (QED) is 0.0113. The minimum Gasteiger partial charge on any atom is -0.492 e. The molecule has 722 valence electrons. The standard InChI is InChI=1S/C84H120IN10O31PS3/c1-15-59(127(110,111)112)130-128-35-31-49-61-55(26-19-17-18-21-32-84(49,109)38-54(98)65(61)93-82(107)117-14)123-80-72(67(100)64(43(6)121-80)94-126-58-36-53(97)74(45(8)120-58)129-78(105)60-42(5)62(85)70(73(116-13)69(60)114-11)125-79-68(101)71(115-12)66(99)44(7)122-79)124-57-37-56(113-10)52(40-118-57)95(16-2)83(108)119-39-47-27-29-48(30-28-47)90-75(102)51(25-23-34-88-81(87)106)91-77(104)63(41(3)4)92-76(103)50(89-46(9)96)24-20-22-33-86/h17-18,27-31,41,43-45,50-53,55-59,63-64,66-68,71-72,74,79-80,94,97,99-101,109H,15-16,20,22-25,33-40,86H2,1-14H3,(H,89,96)(H,90,102)(H,91,104)(H,92,103)(H,93,107)(H3,87,88,106)(H2,110,111,112)/b18-17?,49-31+/t43-,44+,45-,50+,51+,52+,53+,55+,56+,57+,58+,59?,63+,64-,66+,67+,68-,71-,72-,74-,79+,80+,84+/m1/s1. The van der Waals surface area contributed by atoms with Gasteiger partial charge in [0.25, 0.3) is 0 Å². The Morgan fingerprint density at radius 3 is 2.10 bits per heavy atom. The second-order valence-electron chi connectivity index (χ2n) is 31.6. The van der Waals surface area contributed by atoms with Gasteiger partial charge in [0.2, 0.25) is 40.8 Å². The van der Waals surface area contributed by atoms with Crippen LogP contribution in [-0.4, -0.2) is 299 Å². The number of alkyl carbamates (subject to hydrolysis) is 1. The molecule has 46 heteroatoms. The number of rotatable bonds is 42. The Morgan fingerprint density at radius 2 is 1.48 bits per heavy atom. The normalized spacial score (nSPS) is 28.0. The zero-order valence-electron chi connectivity index (χ0n) is 74.5. The first-order chi connectivity index (χ1) is 61.7. The number of carbonyl (C=O) groups excluding carboxylic acids is 9. The summed E-state index contributed by atoms with van der Waals surface area (Å²) in [4.78, 5) is 149. The molecule has 1 unspecified atom stereocenters. The largest absolute Gasteiger partial charge is 0.492 e. The Morgan fingerprint density at radius 1 is 0.792 bits per heavy atom. The number of thioether (sulfide) groups is 1. The molecular formula is C84H120IN10O31PS3. The molecule has 23 atom stereocenters. The number of fused-ring (bicyclic) bond motifs is 2. The van der Waals surface area contributed by atoms with Crippen LogP contribution in [0.3, 0.4) is 0 Å². The Bertz CT molecular complexity index is 4540. The van der Waals surface area contributed by atoms with Gasteiger partial charge in [-0.25, -0.2) is 14.4 Å². The van der Waals surface area contributed by atoms with Crippen LogP contribution in [0.25, 0.3) is 0 Å². The number of Topliss-reactive ketones (excluding diaryl/α,β-unsaturated/α-hetero) is 1. The van der Waals surface area contributed by atoms with Crippen LogP contribution in [0.4, 0.5) is 20.1 Å². The van der Waals surface area contributed by atoms with Gasteiger partial charge in [0.1, 0.15) is 66.3 Å². The van der Waals surface area contributed by atoms with Gasteiger partial charge < -0.3 is 140 Å². The minimum absolute atomic E-state index is 0.0162. The number of aliphatic hydroxyl groups is 5. The topological polar surface area (TPSA) is 581 Å². The Labute approximate surface area is 779 Å². The maximum absolute atomic E-state index is 14.7. The van der Waals surface area contributed by atoms with Crippen molar-refractivity contribution in [3.05, 3.63) is 79.6 Å². The van der Waals surface area contributed by atoms with Crippen molar-refractivity contribution in [2.75, 3.05) is 72.9 Å². The SMILES string of the molecule is CCC(SSC/C=C1\C2=C(NC(=O)OC)C(=O)C[C@@]1(O)C#CC=CC#C[C@@H]2O[C@@H]1O[C@H](C)[C@@H](NO[C@H]2C[C@H](O)[C@H](SC(=O)c3c(C)c(I)c(O[C@@H]4O[C@@H](C)[C@H](O)[C@@H](OC)[C@H]4O)c(OC)c3OC)[C@@H](C)O2)[C@H](O)[C@H]1O[C@H]1C[C@H](OC)[C@@H](N(CC)C(=O)OCc2ccc(NC(=O)[C@H](CCCNC(N)=O)NC(=O)[C@@H](NC(=O)[C@H](CCCCN)NC(C)=O)C(C)C)cc2)CO1)P(=O)(O)O. The maximum atomic E-state index is 14.7. The van der Waals surface area contributed by atoms with Crippen LogP contribution in [-0.2, 0) is 87.4 Å². The third kappa shape index (κ3) is 28.6. The van der Waals surface area contributed by atoms with E-state index in [1.54, 1.807) is 72.7 Å². The number of likely N-dealkylation sites (N-methyl/N-ethyl adjacent to an activating group) is 1. The zero-order chi connectivity index (χ0) is 95.8. The maximum Gasteiger partial charge on any atom is 0.411 e. The first-order valence-corrected chi connectivity index (χ1v) is 48.2. The molecule has 0 saturated carbocycles. The van der Waals surface area contributed by atoms with Crippen molar-refractivity contribution in [2.24, 2.45) is 17.4 Å². The van der Waals surface area contributed by atoms with Crippen LogP contribution in [0.5, 0.6) is 17.2 Å². The first-order valence-electron chi connectivity index (χ1n) is 42.1. The number of halogens is 1. The summed E-state index contributed by atoms with van der Waals surface area (Å²) in [6.45, 7) is 14.3. The fourth-order valence-electron chi connectivity index (χ4n) is 15.2. The number of benzene rings is 2. The van der Waals surface area contributed by atoms with E-state index >= 15 is 0 Å². The van der Waals surface area contributed by atoms with E-state index in [1.807, 2.05) is 22.6 Å². The average Bonchev–Trinajstić information content (AvgIpc) is 0.944. The Kier molecular flexibility index (Phi) is 42.1. The minimum atomic E-state index is -4.60. The number of hydrogen-bond acceptors (Lipinski definition) is 34. The number of aliphatic hydroxyl groups excluding tert-OH is 4. The Balaban J connectivity index is 1.02. The highest BCUT2D eigenvalue weighted by molar-refractivity contribution is 14.1. The van der Waals surface area contributed by atoms with Gasteiger partial charge in [-0.05, 0) is 144 Å². The summed E-state index contributed by atoms with van der Waals surface area (Å²) >= 11 is 2.72. The number of nitrogens with one attached hydrogen (secondary N) is 7. The van der Waals surface area contributed by atoms with Crippen LogP contribution in [0.15, 0.2) is 59.3 Å². The molecule has 41 nitrogen and oxygen atoms in total. The molecule has 2 aliphatic carbocycles. The van der Waals surface area contributed by atoms with Gasteiger partial charge in [-0.15, -0.1) is 0 Å². The lowest BCUT2D eigenvalue weighted by Crippen LogP contribution is -2.65. The molecule has 0 radical (unpaired) electrons. The molecule has 2 bridgehead atoms. The van der Waals surface area contributed by atoms with Gasteiger partial charge in [-0.2, -0.15) is 5.48 Å². The number of carbonyl (C=O) groups is 9. The molecule has 4 saturated heterocycles. The molecule has 4 aliphatic heterocycles. The van der Waals surface area contributed by atoms with Crippen LogP contribution < -0.4 is 63.1 Å². The molecule has 130 heavy (non-hydrogen) atoms. The van der Waals surface area contributed by atoms with Crippen LogP contribution in [0.1, 0.15) is 135 Å². The van der Waals surface area contributed by atoms with Crippen molar-refractivity contribution in [2.45, 2.75) is 265 Å². The third-order valence-electron chi connectivity index (χ3n) is 22.1. The molecule has 2 aromatic carbocycles. The average molecular weight is 2020 g/mol. The lowest BCUT2D eigenvalue weighted by molar-refractivity contribution is -0.337. The van der Waals surface area contributed by atoms with E-state index in [1.165, 1.54) is 65.4 Å². The number of hydrogen-bond donors (Lipinski definition) is 16. The predicted molar refractivity (Wildman–Crippen MR) is 482 cm³/mol. The number of ketones is 1. The number of amides is 8. The number of anilines is 1. The number of hydroxylamine groups is 1. The van der Waals surface area contributed by atoms with Crippen molar-refractivity contribution in [1.29, 1.82) is 0 Å². The highest BCUT2D eigenvalue weighted by atomic mass is 127. The van der Waals surface area contributed by atoms with Crippen LogP contribution in [0, 0.1) is 40.1 Å². The lowest BCUT2D eigenvalue weighted by atomic mass is 9.75. The monoisotopic (exact) mass is 2020 g/mol. The Hall–Kier alpha value is -7.50. The van der Waals surface area contributed by atoms with Crippen molar-refractivity contribution < 1.29 is 149 Å². The molecule has 8 rings (SSSR count). The number of nitrogens with zero attached hydrogens (tertiary/aromatic N) is 1. The van der Waals surface area contributed by atoms with E-state index < -0.39 is 217 Å². The fraction of sp³-hybridized carbons (Fsp3) is 0.631. The summed E-state index contributed by atoms with van der Waals surface area (Å²) < 4.78 is 91.8. The van der Waals surface area contributed by atoms with Gasteiger partial charge in [0.05, 0.1) is 97.0 Å². The fourth-order valence-corrected chi connectivity index (χ4v) is 21.4. The second-order valence-corrected chi connectivity index (χ2v) is 38.6. The van der Waals surface area contributed by atoms with Crippen LogP contribution >= 0.6 is 63.5 Å². The van der Waals surface area contributed by atoms with Crippen molar-refractivity contribution >= 4 is 122 Å². The predicted octanol–water partition coefficient (Wildman–Crippen LogP) is 3.53. The number of nitrogens with two attached hydrogens (primary N) is 2. The second kappa shape index (κ2) is 50.7. The summed E-state index contributed by atoms with van der Waals surface area (Å²) in [7, 11) is 3.70. The number of allylic oxidation sites excluding steroid dienone is 3. The van der Waals surface area contributed by atoms with Gasteiger partial charge in [0.15, 0.2) is 41.8 Å². The summed E-state index contributed by atoms with van der Waals surface area (Å²) in [6.07, 6.45) is -17.2. The van der Waals surface area contributed by atoms with Gasteiger partial charge in [0, 0.05) is 69.7 Å². The third-order valence-corrected chi connectivity index (χ3v) is 30.0. The molecule has 0 spiro atoms. The molecule has 2 aromatic rings. The summed E-state index contributed by atoms with van der Waals surface area (Å²) in [5.41, 5.74) is 11.8. The first kappa shape index (κ1) is 108. The lowest BCUT2D eigenvalue weighted by Gasteiger charge is -2.47. The molecule has 18 N–H and O–H groups in total. The number of unbranched alkanes of at least 4 members (excludes halogenated alkanes) is 1. The number of methoxy groups -OCH3 is 5. The van der Waals surface area contributed by atoms with Crippen molar-refractivity contribution in [3.63, 3.8) is 0 Å². The zero-order valence-corrected chi connectivity index (χ0v) is 80.0. The van der Waals surface area contributed by atoms with E-state index in [-0.39, 0.29) is 110 Å². The van der Waals surface area contributed by atoms with Gasteiger partial charge >= 0.3 is 25.8 Å². The van der Waals surface area contributed by atoms with E-state index in [0.717, 1.165) is 40.5 Å². The molecular weight excluding hydrogens is 1900 g/mol. The molecule has 6 aliphatic rings. The summed E-state index contributed by atoms with van der Waals surface area (Å²) in [6, 6.07) is -0.0124. The van der Waals surface area contributed by atoms with E-state index in [2.05, 4.69) is 61.1 Å². The number of ether oxygens (including phenoxy) is 13. The van der Waals surface area contributed by atoms with E-state index in [9.17, 15) is 83.0 Å². The smallest absolute Gasteiger partial charge is 0.411 e. The molecule has 8 amide bonds. The number of primary amides is 1. The summed E-state index contributed by atoms with van der Waals surface area (Å²) in [5.74, 6) is 7.34. The molecule has 4 fully saturated rings. The highest BCUT2D eigenvalue weighted by Crippen LogP contribution is 2.53. The van der Waals surface area contributed by atoms with Crippen molar-refractivity contribution in [1.82, 2.24) is 37.0 Å². The van der Waals surface area contributed by atoms with Crippen molar-refractivity contribution in [3.8, 4) is 40.9 Å². The number of urea groups is 1. The molecule has 4 heterocycles. The van der Waals surface area contributed by atoms with E-state index in [0.29, 0.717) is 34.1 Å².